The molecule has 0 aliphatic carbocycles. The van der Waals surface area contributed by atoms with Gasteiger partial charge in [-0.1, -0.05) is 56.4 Å². The van der Waals surface area contributed by atoms with E-state index in [4.69, 9.17) is 4.98 Å². The van der Waals surface area contributed by atoms with E-state index >= 15 is 0 Å². The van der Waals surface area contributed by atoms with Crippen molar-refractivity contribution in [1.82, 2.24) is 10.3 Å². The number of hydrogen-bond donors (Lipinski definition) is 2. The molecular weight excluding hydrogens is 372 g/mol. The van der Waals surface area contributed by atoms with Crippen LogP contribution in [0.2, 0.25) is 0 Å². The van der Waals surface area contributed by atoms with Gasteiger partial charge in [0.1, 0.15) is 5.01 Å². The Kier molecular flexibility index (Phi) is 10.5. The van der Waals surface area contributed by atoms with E-state index in [1.807, 2.05) is 37.5 Å². The second-order valence-corrected chi connectivity index (χ2v) is 7.90. The van der Waals surface area contributed by atoms with Crippen molar-refractivity contribution in [3.8, 4) is 0 Å². The molecule has 28 heavy (non-hydrogen) atoms. The van der Waals surface area contributed by atoms with Gasteiger partial charge < -0.3 is 15.2 Å². The molecule has 0 saturated heterocycles. The van der Waals surface area contributed by atoms with Gasteiger partial charge in [-0.2, -0.15) is 0 Å². The van der Waals surface area contributed by atoms with Crippen molar-refractivity contribution in [3.63, 3.8) is 0 Å². The zero-order valence-electron chi connectivity index (χ0n) is 17.1. The van der Waals surface area contributed by atoms with Gasteiger partial charge in [-0.25, -0.2) is 9.78 Å². The Bertz CT molecular complexity index is 704. The molecule has 0 radical (unpaired) electrons. The highest BCUT2D eigenvalue weighted by molar-refractivity contribution is 7.09. The third-order valence-electron chi connectivity index (χ3n) is 4.35. The van der Waals surface area contributed by atoms with Crippen molar-refractivity contribution in [2.45, 2.75) is 51.0 Å². The smallest absolute Gasteiger partial charge is 0.406 e. The number of hydrogen-bond acceptors (Lipinski definition) is 5. The molecule has 0 aromatic carbocycles. The third-order valence-corrected chi connectivity index (χ3v) is 5.58. The molecule has 0 aliphatic rings. The van der Waals surface area contributed by atoms with Crippen molar-refractivity contribution in [1.29, 1.82) is 0 Å². The number of alkyl carbamates (subject to hydrolysis) is 1. The number of aromatic nitrogens is 1. The summed E-state index contributed by atoms with van der Waals surface area (Å²) in [5.74, 6) is 0. The average Bonchev–Trinajstić information content (AvgIpc) is 3.14. The molecule has 0 fully saturated rings. The Labute approximate surface area is 172 Å². The number of rotatable bonds is 12. The number of nitrogens with zero attached hydrogens (tertiary/aromatic N) is 1. The topological polar surface area (TPSA) is 71.5 Å². The van der Waals surface area contributed by atoms with Gasteiger partial charge in [-0.3, -0.25) is 0 Å². The minimum atomic E-state index is -0.556. The normalized spacial score (nSPS) is 13.0. The molecule has 0 bridgehead atoms. The van der Waals surface area contributed by atoms with E-state index in [-0.39, 0.29) is 0 Å². The number of thiazole rings is 1. The van der Waals surface area contributed by atoms with Gasteiger partial charge >= 0.3 is 6.09 Å². The summed E-state index contributed by atoms with van der Waals surface area (Å²) in [4.78, 5) is 15.7. The van der Waals surface area contributed by atoms with Crippen LogP contribution < -0.4 is 5.32 Å². The molecule has 6 heteroatoms. The molecule has 1 aromatic rings. The van der Waals surface area contributed by atoms with E-state index in [1.165, 1.54) is 7.11 Å². The molecule has 1 rings (SSSR count). The van der Waals surface area contributed by atoms with Crippen LogP contribution in [0, 0.1) is 0 Å². The van der Waals surface area contributed by atoms with Gasteiger partial charge in [0.05, 0.1) is 18.9 Å². The van der Waals surface area contributed by atoms with Crippen LogP contribution in [-0.2, 0) is 16.6 Å². The largest absolute Gasteiger partial charge is 0.453 e. The fourth-order valence-corrected chi connectivity index (χ4v) is 3.38. The Morgan fingerprint density at radius 2 is 2.18 bits per heavy atom. The molecule has 0 aliphatic heterocycles. The third kappa shape index (κ3) is 8.23. The summed E-state index contributed by atoms with van der Waals surface area (Å²) >= 11 is 1.59. The van der Waals surface area contributed by atoms with Gasteiger partial charge in [-0.15, -0.1) is 17.9 Å². The monoisotopic (exact) mass is 404 g/mol. The van der Waals surface area contributed by atoms with Crippen LogP contribution in [0.5, 0.6) is 0 Å². The lowest BCUT2D eigenvalue weighted by Gasteiger charge is -2.27. The van der Waals surface area contributed by atoms with Crippen LogP contribution in [0.3, 0.4) is 0 Å². The van der Waals surface area contributed by atoms with Crippen molar-refractivity contribution in [2.75, 3.05) is 13.7 Å². The van der Waals surface area contributed by atoms with Crippen LogP contribution in [0.4, 0.5) is 4.79 Å². The van der Waals surface area contributed by atoms with E-state index in [1.54, 1.807) is 11.3 Å². The maximum Gasteiger partial charge on any atom is 0.406 e. The van der Waals surface area contributed by atoms with Crippen LogP contribution in [0.1, 0.15) is 43.8 Å². The Morgan fingerprint density at radius 3 is 2.86 bits per heavy atom. The molecule has 5 nitrogen and oxygen atoms in total. The average molecular weight is 405 g/mol. The lowest BCUT2D eigenvalue weighted by molar-refractivity contribution is 0.102. The van der Waals surface area contributed by atoms with Gasteiger partial charge in [0.15, 0.2) is 0 Å². The molecular formula is C22H32N2O3S. The van der Waals surface area contributed by atoms with E-state index < -0.39 is 17.6 Å². The first-order valence-electron chi connectivity index (χ1n) is 9.36. The maximum absolute atomic E-state index is 11.0. The van der Waals surface area contributed by atoms with Crippen molar-refractivity contribution < 1.29 is 14.6 Å². The molecule has 154 valence electrons. The zero-order chi connectivity index (χ0) is 21.0. The predicted octanol–water partition coefficient (Wildman–Crippen LogP) is 4.71. The van der Waals surface area contributed by atoms with Crippen LogP contribution >= 0.6 is 11.3 Å². The zero-order valence-corrected chi connectivity index (χ0v) is 17.9. The van der Waals surface area contributed by atoms with Crippen LogP contribution in [0.15, 0.2) is 54.5 Å². The quantitative estimate of drug-likeness (QED) is 0.391. The van der Waals surface area contributed by atoms with Crippen molar-refractivity contribution >= 4 is 17.4 Å². The number of carbonyl (C=O) groups is 1. The number of aliphatic hydroxyl groups is 1. The summed E-state index contributed by atoms with van der Waals surface area (Å²) < 4.78 is 4.51. The highest BCUT2D eigenvalue weighted by Gasteiger charge is 2.32. The van der Waals surface area contributed by atoms with Gasteiger partial charge in [0.2, 0.25) is 0 Å². The summed E-state index contributed by atoms with van der Waals surface area (Å²) in [6, 6.07) is 0. The molecule has 0 unspecified atom stereocenters. The number of nitrogens with one attached hydrogen (secondary N) is 1. The van der Waals surface area contributed by atoms with Crippen LogP contribution in [0.25, 0.3) is 0 Å². The summed E-state index contributed by atoms with van der Waals surface area (Å²) in [5.41, 5.74) is 1.46. The van der Waals surface area contributed by atoms with Crippen LogP contribution in [-0.4, -0.2) is 35.9 Å². The number of carbonyl (C=O) groups excluding carboxylic acids is 1. The highest BCUT2D eigenvalue weighted by atomic mass is 32.1. The molecule has 1 amide bonds. The van der Waals surface area contributed by atoms with E-state index in [2.05, 4.69) is 35.4 Å². The standard InChI is InChI=1S/C22H32N2O3S/c1-6-7-8-9-12-18-16-28-20(24-18)22(3,4)19(25)13-10-11-17(2)14-15-23-21(26)27-5/h6,8-11,16,19,25H,1-2,7,12-15H2,3-5H3,(H,23,26)/t19-/m0/s1. The first-order valence-corrected chi connectivity index (χ1v) is 10.2. The van der Waals surface area contributed by atoms with Gasteiger partial charge in [0, 0.05) is 23.8 Å². The molecule has 0 saturated carbocycles. The first kappa shape index (κ1) is 23.9. The van der Waals surface area contributed by atoms with Crippen molar-refractivity contribution in [3.05, 3.63) is 65.2 Å². The minimum Gasteiger partial charge on any atom is -0.453 e. The number of amides is 1. The van der Waals surface area contributed by atoms with Gasteiger partial charge in [0.25, 0.3) is 0 Å². The molecule has 0 spiro atoms. The Hall–Kier alpha value is -2.18. The Morgan fingerprint density at radius 1 is 1.43 bits per heavy atom. The summed E-state index contributed by atoms with van der Waals surface area (Å²) in [6.45, 7) is 12.1. The lowest BCUT2D eigenvalue weighted by Crippen LogP contribution is -2.33. The molecule has 1 atom stereocenters. The summed E-state index contributed by atoms with van der Waals surface area (Å²) in [6.07, 6.45) is 11.6. The fourth-order valence-electron chi connectivity index (χ4n) is 2.37. The number of allylic oxidation sites excluding steroid dienone is 4. The first-order chi connectivity index (χ1) is 13.3. The second-order valence-electron chi connectivity index (χ2n) is 7.05. The molecule has 1 heterocycles. The number of aliphatic hydroxyl groups excluding tert-OH is 1. The van der Waals surface area contributed by atoms with Gasteiger partial charge in [-0.05, 0) is 19.3 Å². The summed E-state index contributed by atoms with van der Waals surface area (Å²) in [5, 5.41) is 16.3. The second kappa shape index (κ2) is 12.3. The van der Waals surface area contributed by atoms with E-state index in [0.29, 0.717) is 19.4 Å². The molecule has 2 N–H and O–H groups in total. The number of methoxy groups -OCH3 is 1. The minimum absolute atomic E-state index is 0.439. The SMILES string of the molecule is C=CCC=CCc1csc(C(C)(C)[C@@H](O)CC=CC(=C)CCNC(=O)OC)n1. The maximum atomic E-state index is 11.0. The summed E-state index contributed by atoms with van der Waals surface area (Å²) in [7, 11) is 1.33. The fraction of sp³-hybridized carbons (Fsp3) is 0.455. The molecule has 1 aromatic heterocycles. The predicted molar refractivity (Wildman–Crippen MR) is 117 cm³/mol. The lowest BCUT2D eigenvalue weighted by atomic mass is 9.85. The van der Waals surface area contributed by atoms with E-state index in [0.717, 1.165) is 29.1 Å². The Balaban J connectivity index is 2.52. The number of ether oxygens (including phenoxy) is 1. The van der Waals surface area contributed by atoms with Crippen molar-refractivity contribution in [2.24, 2.45) is 0 Å². The van der Waals surface area contributed by atoms with E-state index in [9.17, 15) is 9.90 Å². The highest BCUT2D eigenvalue weighted by Crippen LogP contribution is 2.31.